The largest absolute Gasteiger partial charge is 0.496 e. The maximum atomic E-state index is 12.6. The van der Waals surface area contributed by atoms with Crippen molar-refractivity contribution in [3.63, 3.8) is 0 Å². The molecule has 12 heteroatoms. The number of ether oxygens (including phenoxy) is 2. The highest BCUT2D eigenvalue weighted by molar-refractivity contribution is 6.10. The Hall–Kier alpha value is -5.18. The van der Waals surface area contributed by atoms with Crippen molar-refractivity contribution in [2.24, 2.45) is 0 Å². The van der Waals surface area contributed by atoms with E-state index in [-0.39, 0.29) is 40.0 Å². The van der Waals surface area contributed by atoms with E-state index >= 15 is 0 Å². The van der Waals surface area contributed by atoms with Gasteiger partial charge in [0, 0.05) is 12.1 Å². The van der Waals surface area contributed by atoms with Crippen LogP contribution in [0.5, 0.6) is 11.5 Å². The molecule has 0 aliphatic rings. The fourth-order valence-corrected chi connectivity index (χ4v) is 2.95. The van der Waals surface area contributed by atoms with E-state index in [0.29, 0.717) is 5.56 Å². The quantitative estimate of drug-likeness (QED) is 0.220. The lowest BCUT2D eigenvalue weighted by atomic mass is 10.1. The zero-order chi connectivity index (χ0) is 24.8. The number of carbonyl (C=O) groups excluding carboxylic acids is 1. The van der Waals surface area contributed by atoms with Gasteiger partial charge in [0.2, 0.25) is 0 Å². The third-order valence-corrected chi connectivity index (χ3v) is 4.59. The number of non-ortho nitro benzene ring substituents is 1. The van der Waals surface area contributed by atoms with E-state index in [1.807, 2.05) is 0 Å². The van der Waals surface area contributed by atoms with Crippen LogP contribution in [0.2, 0.25) is 0 Å². The third-order valence-electron chi connectivity index (χ3n) is 4.59. The van der Waals surface area contributed by atoms with Crippen LogP contribution in [-0.4, -0.2) is 30.0 Å². The van der Waals surface area contributed by atoms with E-state index in [0.717, 1.165) is 12.1 Å². The molecule has 12 nitrogen and oxygen atoms in total. The molecule has 1 amide bonds. The smallest absolute Gasteiger partial charge is 0.296 e. The second-order valence-electron chi connectivity index (χ2n) is 6.61. The lowest BCUT2D eigenvalue weighted by molar-refractivity contribution is -0.384. The number of nitro groups is 2. The number of nitriles is 1. The molecule has 0 spiro atoms. The van der Waals surface area contributed by atoms with Gasteiger partial charge >= 0.3 is 0 Å². The molecule has 2 aromatic carbocycles. The number of nitro benzene ring substituents is 2. The van der Waals surface area contributed by atoms with Crippen molar-refractivity contribution in [1.29, 1.82) is 5.26 Å². The molecular formula is C22H16N4O8. The second kappa shape index (κ2) is 9.96. The molecule has 0 unspecified atom stereocenters. The molecule has 0 fully saturated rings. The van der Waals surface area contributed by atoms with Crippen LogP contribution in [0.3, 0.4) is 0 Å². The Morgan fingerprint density at radius 3 is 2.44 bits per heavy atom. The van der Waals surface area contributed by atoms with Gasteiger partial charge in [-0.15, -0.1) is 0 Å². The Bertz CT molecular complexity index is 1350. The highest BCUT2D eigenvalue weighted by Gasteiger charge is 2.20. The van der Waals surface area contributed by atoms with Gasteiger partial charge in [0.1, 0.15) is 40.3 Å². The van der Waals surface area contributed by atoms with E-state index in [9.17, 15) is 30.3 Å². The summed E-state index contributed by atoms with van der Waals surface area (Å²) in [4.78, 5) is 33.6. The number of furan rings is 1. The van der Waals surface area contributed by atoms with Gasteiger partial charge in [-0.2, -0.15) is 5.26 Å². The molecular weight excluding hydrogens is 448 g/mol. The van der Waals surface area contributed by atoms with E-state index in [1.165, 1.54) is 56.7 Å². The Morgan fingerprint density at radius 1 is 1.06 bits per heavy atom. The van der Waals surface area contributed by atoms with Crippen molar-refractivity contribution in [1.82, 2.24) is 0 Å². The third kappa shape index (κ3) is 5.00. The first kappa shape index (κ1) is 23.5. The van der Waals surface area contributed by atoms with Gasteiger partial charge in [-0.1, -0.05) is 0 Å². The van der Waals surface area contributed by atoms with Crippen LogP contribution >= 0.6 is 0 Å². The molecule has 1 heterocycles. The van der Waals surface area contributed by atoms with Crippen molar-refractivity contribution in [3.8, 4) is 28.9 Å². The van der Waals surface area contributed by atoms with Gasteiger partial charge in [0.25, 0.3) is 17.3 Å². The van der Waals surface area contributed by atoms with Crippen LogP contribution in [0.4, 0.5) is 17.1 Å². The summed E-state index contributed by atoms with van der Waals surface area (Å²) < 4.78 is 15.8. The van der Waals surface area contributed by atoms with Gasteiger partial charge in [0.15, 0.2) is 0 Å². The number of amides is 1. The lowest BCUT2D eigenvalue weighted by Gasteiger charge is -2.07. The molecule has 1 N–H and O–H groups in total. The Kier molecular flexibility index (Phi) is 6.88. The van der Waals surface area contributed by atoms with E-state index in [4.69, 9.17) is 13.9 Å². The van der Waals surface area contributed by atoms with E-state index in [1.54, 1.807) is 6.07 Å². The highest BCUT2D eigenvalue weighted by atomic mass is 16.6. The van der Waals surface area contributed by atoms with Crippen molar-refractivity contribution in [2.45, 2.75) is 0 Å². The summed E-state index contributed by atoms with van der Waals surface area (Å²) in [6.07, 6.45) is 1.16. The number of hydrogen-bond acceptors (Lipinski definition) is 9. The summed E-state index contributed by atoms with van der Waals surface area (Å²) in [6.45, 7) is 0. The summed E-state index contributed by atoms with van der Waals surface area (Å²) in [6, 6.07) is 12.6. The number of anilines is 1. The normalized spacial score (nSPS) is 10.8. The minimum atomic E-state index is -0.887. The van der Waals surface area contributed by atoms with Crippen LogP contribution in [0, 0.1) is 31.6 Å². The molecule has 34 heavy (non-hydrogen) atoms. The molecule has 172 valence electrons. The first-order chi connectivity index (χ1) is 16.3. The van der Waals surface area contributed by atoms with E-state index in [2.05, 4.69) is 5.32 Å². The topological polar surface area (TPSA) is 171 Å². The lowest BCUT2D eigenvalue weighted by Crippen LogP contribution is -2.14. The minimum absolute atomic E-state index is 0.118. The molecule has 3 rings (SSSR count). The molecule has 1 aromatic heterocycles. The number of nitrogens with one attached hydrogen (secondary N) is 1. The first-order valence-electron chi connectivity index (χ1n) is 9.45. The zero-order valence-electron chi connectivity index (χ0n) is 17.8. The van der Waals surface area contributed by atoms with Crippen LogP contribution < -0.4 is 14.8 Å². The number of methoxy groups -OCH3 is 2. The van der Waals surface area contributed by atoms with Crippen LogP contribution in [0.1, 0.15) is 5.76 Å². The first-order valence-corrected chi connectivity index (χ1v) is 9.45. The average molecular weight is 464 g/mol. The SMILES string of the molecule is COc1ccc(NC(=O)/C(C#N)=C/c2ccc(-c3ccc([N+](=O)[O-])cc3OC)o2)c([N+](=O)[O-])c1. The molecule has 0 aliphatic heterocycles. The van der Waals surface area contributed by atoms with Crippen LogP contribution in [-0.2, 0) is 4.79 Å². The van der Waals surface area contributed by atoms with Crippen molar-refractivity contribution >= 4 is 29.0 Å². The molecule has 0 aliphatic carbocycles. The van der Waals surface area contributed by atoms with E-state index < -0.39 is 21.4 Å². The fraction of sp³-hybridized carbons (Fsp3) is 0.0909. The number of hydrogen-bond donors (Lipinski definition) is 1. The van der Waals surface area contributed by atoms with Gasteiger partial charge < -0.3 is 19.2 Å². The van der Waals surface area contributed by atoms with Crippen molar-refractivity contribution in [2.75, 3.05) is 19.5 Å². The molecule has 0 saturated heterocycles. The van der Waals surface area contributed by atoms with Crippen LogP contribution in [0.25, 0.3) is 17.4 Å². The monoisotopic (exact) mass is 464 g/mol. The Balaban J connectivity index is 1.88. The van der Waals surface area contributed by atoms with Crippen LogP contribution in [0.15, 0.2) is 58.5 Å². The minimum Gasteiger partial charge on any atom is -0.496 e. The maximum Gasteiger partial charge on any atom is 0.296 e. The Morgan fingerprint density at radius 2 is 1.82 bits per heavy atom. The predicted molar refractivity (Wildman–Crippen MR) is 119 cm³/mol. The molecule has 0 atom stereocenters. The number of nitrogens with zero attached hydrogens (tertiary/aromatic N) is 3. The summed E-state index contributed by atoms with van der Waals surface area (Å²) in [5.74, 6) is -0.0517. The number of rotatable bonds is 8. The van der Waals surface area contributed by atoms with Crippen molar-refractivity contribution < 1.29 is 28.5 Å². The standard InChI is InChI=1S/C22H16N4O8/c1-32-15-4-7-18(19(11-15)26(30)31)24-22(27)13(12-23)9-16-5-8-20(34-16)17-6-3-14(25(28)29)10-21(17)33-2/h3-11H,1-2H3,(H,24,27)/b13-9+. The van der Waals surface area contributed by atoms with Crippen molar-refractivity contribution in [3.05, 3.63) is 80.1 Å². The fourth-order valence-electron chi connectivity index (χ4n) is 2.95. The molecule has 0 bridgehead atoms. The average Bonchev–Trinajstić information content (AvgIpc) is 3.30. The molecule has 3 aromatic rings. The summed E-state index contributed by atoms with van der Waals surface area (Å²) in [5, 5.41) is 34.0. The zero-order valence-corrected chi connectivity index (χ0v) is 17.8. The second-order valence-corrected chi connectivity index (χ2v) is 6.61. The summed E-state index contributed by atoms with van der Waals surface area (Å²) in [5.41, 5.74) is -0.641. The Labute approximate surface area is 191 Å². The number of carbonyl (C=O) groups is 1. The summed E-state index contributed by atoms with van der Waals surface area (Å²) >= 11 is 0. The molecule has 0 radical (unpaired) electrons. The summed E-state index contributed by atoms with van der Waals surface area (Å²) in [7, 11) is 2.69. The maximum absolute atomic E-state index is 12.6. The van der Waals surface area contributed by atoms with Gasteiger partial charge in [-0.25, -0.2) is 0 Å². The highest BCUT2D eigenvalue weighted by Crippen LogP contribution is 2.35. The number of benzene rings is 2. The van der Waals surface area contributed by atoms with Gasteiger partial charge in [-0.3, -0.25) is 25.0 Å². The van der Waals surface area contributed by atoms with Gasteiger partial charge in [0.05, 0.1) is 41.8 Å². The molecule has 0 saturated carbocycles. The van der Waals surface area contributed by atoms with Gasteiger partial charge in [-0.05, 0) is 30.3 Å². The predicted octanol–water partition coefficient (Wildman–Crippen LogP) is 4.33.